The van der Waals surface area contributed by atoms with Gasteiger partial charge >= 0.3 is 0 Å². The number of nitrogens with zero attached hydrogens (tertiary/aromatic N) is 1. The lowest BCUT2D eigenvalue weighted by atomic mass is 10.1. The normalized spacial score (nSPS) is 18.0. The number of benzene rings is 2. The minimum Gasteiger partial charge on any atom is -0.399 e. The third-order valence-electron chi connectivity index (χ3n) is 5.22. The molecule has 3 rings (SSSR count). The monoisotopic (exact) mass is 380 g/mol. The van der Waals surface area contributed by atoms with Gasteiger partial charge in [0.25, 0.3) is 0 Å². The second-order valence-corrected chi connectivity index (χ2v) is 7.34. The van der Waals surface area contributed by atoms with Gasteiger partial charge in [-0.3, -0.25) is 19.8 Å². The Kier molecular flexibility index (Phi) is 6.79. The van der Waals surface area contributed by atoms with Crippen molar-refractivity contribution in [1.82, 2.24) is 10.2 Å². The second-order valence-electron chi connectivity index (χ2n) is 7.34. The molecular formula is C22H28N4O2. The summed E-state index contributed by atoms with van der Waals surface area (Å²) >= 11 is 0. The van der Waals surface area contributed by atoms with Crippen LogP contribution < -0.4 is 16.8 Å². The smallest absolute Gasteiger partial charge is 0.243 e. The molecule has 1 aliphatic rings. The van der Waals surface area contributed by atoms with Crippen molar-refractivity contribution < 1.29 is 9.59 Å². The molecule has 6 heteroatoms. The number of nitrogens with two attached hydrogens (primary N) is 2. The highest BCUT2D eigenvalue weighted by atomic mass is 16.2. The minimum atomic E-state index is -0.740. The Bertz CT molecular complexity index is 792. The fourth-order valence-corrected chi connectivity index (χ4v) is 3.61. The third kappa shape index (κ3) is 5.41. The fraction of sp³-hybridized carbons (Fsp3) is 0.364. The molecule has 0 aliphatic carbocycles. The van der Waals surface area contributed by atoms with Crippen LogP contribution in [0, 0.1) is 0 Å². The van der Waals surface area contributed by atoms with Crippen LogP contribution >= 0.6 is 0 Å². The minimum absolute atomic E-state index is 0.247. The zero-order valence-electron chi connectivity index (χ0n) is 16.0. The van der Waals surface area contributed by atoms with Crippen molar-refractivity contribution in [3.8, 4) is 0 Å². The summed E-state index contributed by atoms with van der Waals surface area (Å²) in [5, 5.41) is 2.52. The maximum atomic E-state index is 12.6. The standard InChI is InChI=1S/C22H28N4O2/c23-18-10-8-16(9-11-18)12-14-26-13-4-7-20(26)22(28)25-21(27)19(24)15-17-5-2-1-3-6-17/h1-3,5-6,8-11,19-20H,4,7,12-15,23-24H2,(H,25,27,28)/t19-,20+/m1/s1. The highest BCUT2D eigenvalue weighted by molar-refractivity contribution is 6.00. The molecule has 2 aromatic rings. The van der Waals surface area contributed by atoms with Gasteiger partial charge in [0.05, 0.1) is 12.1 Å². The lowest BCUT2D eigenvalue weighted by Crippen LogP contribution is -2.51. The number of nitrogen functional groups attached to an aromatic ring is 1. The predicted octanol–water partition coefficient (Wildman–Crippen LogP) is 1.49. The summed E-state index contributed by atoms with van der Waals surface area (Å²) in [6.45, 7) is 1.63. The van der Waals surface area contributed by atoms with Crippen molar-refractivity contribution in [2.24, 2.45) is 5.73 Å². The van der Waals surface area contributed by atoms with E-state index in [1.807, 2.05) is 54.6 Å². The molecule has 0 bridgehead atoms. The van der Waals surface area contributed by atoms with Crippen molar-refractivity contribution in [2.75, 3.05) is 18.8 Å². The van der Waals surface area contributed by atoms with Crippen LogP contribution in [-0.2, 0) is 22.4 Å². The molecule has 2 aromatic carbocycles. The Balaban J connectivity index is 1.50. The van der Waals surface area contributed by atoms with Gasteiger partial charge in [0.2, 0.25) is 11.8 Å². The number of rotatable bonds is 7. The fourth-order valence-electron chi connectivity index (χ4n) is 3.61. The summed E-state index contributed by atoms with van der Waals surface area (Å²) in [6, 6.07) is 16.3. The maximum absolute atomic E-state index is 12.6. The average molecular weight is 380 g/mol. The lowest BCUT2D eigenvalue weighted by Gasteiger charge is -2.24. The van der Waals surface area contributed by atoms with Gasteiger partial charge in [-0.25, -0.2) is 0 Å². The molecule has 0 radical (unpaired) electrons. The van der Waals surface area contributed by atoms with E-state index in [1.54, 1.807) is 0 Å². The first-order valence-corrected chi connectivity index (χ1v) is 9.75. The third-order valence-corrected chi connectivity index (χ3v) is 5.22. The number of likely N-dealkylation sites (tertiary alicyclic amines) is 1. The molecule has 1 heterocycles. The Morgan fingerprint density at radius 1 is 1.07 bits per heavy atom. The van der Waals surface area contributed by atoms with Gasteiger partial charge in [0, 0.05) is 12.2 Å². The molecular weight excluding hydrogens is 352 g/mol. The van der Waals surface area contributed by atoms with Gasteiger partial charge in [-0.2, -0.15) is 0 Å². The molecule has 0 aromatic heterocycles. The van der Waals surface area contributed by atoms with Gasteiger partial charge in [-0.05, 0) is 55.5 Å². The van der Waals surface area contributed by atoms with Gasteiger partial charge in [-0.15, -0.1) is 0 Å². The molecule has 148 valence electrons. The van der Waals surface area contributed by atoms with Crippen LogP contribution in [0.2, 0.25) is 0 Å². The maximum Gasteiger partial charge on any atom is 0.243 e. The molecule has 2 amide bonds. The van der Waals surface area contributed by atoms with Crippen LogP contribution in [0.5, 0.6) is 0 Å². The number of carbonyl (C=O) groups excluding carboxylic acids is 2. The van der Waals surface area contributed by atoms with E-state index in [1.165, 1.54) is 5.56 Å². The highest BCUT2D eigenvalue weighted by Crippen LogP contribution is 2.18. The summed E-state index contributed by atoms with van der Waals surface area (Å²) in [4.78, 5) is 27.1. The van der Waals surface area contributed by atoms with E-state index in [0.717, 1.165) is 43.6 Å². The topological polar surface area (TPSA) is 101 Å². The van der Waals surface area contributed by atoms with Crippen LogP contribution in [-0.4, -0.2) is 41.9 Å². The molecule has 0 spiro atoms. The van der Waals surface area contributed by atoms with E-state index in [-0.39, 0.29) is 11.9 Å². The Hall–Kier alpha value is -2.70. The SMILES string of the molecule is Nc1ccc(CCN2CCC[C@H]2C(=O)NC(=O)[C@H](N)Cc2ccccc2)cc1. The van der Waals surface area contributed by atoms with Gasteiger partial charge < -0.3 is 11.5 Å². The van der Waals surface area contributed by atoms with E-state index >= 15 is 0 Å². The highest BCUT2D eigenvalue weighted by Gasteiger charge is 2.32. The number of anilines is 1. The zero-order valence-corrected chi connectivity index (χ0v) is 16.0. The van der Waals surface area contributed by atoms with Gasteiger partial charge in [0.15, 0.2) is 0 Å². The summed E-state index contributed by atoms with van der Waals surface area (Å²) < 4.78 is 0. The predicted molar refractivity (Wildman–Crippen MR) is 110 cm³/mol. The zero-order chi connectivity index (χ0) is 19.9. The van der Waals surface area contributed by atoms with Crippen molar-refractivity contribution in [3.05, 3.63) is 65.7 Å². The number of hydrogen-bond donors (Lipinski definition) is 3. The van der Waals surface area contributed by atoms with E-state index in [2.05, 4.69) is 10.2 Å². The molecule has 0 saturated carbocycles. The molecule has 2 atom stereocenters. The van der Waals surface area contributed by atoms with Crippen LogP contribution in [0.3, 0.4) is 0 Å². The first kappa shape index (κ1) is 20.0. The Labute approximate surface area is 165 Å². The average Bonchev–Trinajstić information content (AvgIpc) is 3.17. The summed E-state index contributed by atoms with van der Waals surface area (Å²) in [7, 11) is 0. The van der Waals surface area contributed by atoms with Gasteiger partial charge in [0.1, 0.15) is 0 Å². The van der Waals surface area contributed by atoms with Gasteiger partial charge in [-0.1, -0.05) is 42.5 Å². The van der Waals surface area contributed by atoms with Crippen molar-refractivity contribution in [2.45, 2.75) is 37.8 Å². The number of carbonyl (C=O) groups is 2. The van der Waals surface area contributed by atoms with Crippen LogP contribution in [0.25, 0.3) is 0 Å². The van der Waals surface area contributed by atoms with Crippen LogP contribution in [0.4, 0.5) is 5.69 Å². The van der Waals surface area contributed by atoms with E-state index in [9.17, 15) is 9.59 Å². The second kappa shape index (κ2) is 9.48. The summed E-state index contributed by atoms with van der Waals surface area (Å²) in [6.07, 6.45) is 2.95. The van der Waals surface area contributed by atoms with E-state index in [4.69, 9.17) is 11.5 Å². The van der Waals surface area contributed by atoms with Crippen molar-refractivity contribution >= 4 is 17.5 Å². The molecule has 1 aliphatic heterocycles. The van der Waals surface area contributed by atoms with E-state index < -0.39 is 11.9 Å². The molecule has 28 heavy (non-hydrogen) atoms. The molecule has 6 nitrogen and oxygen atoms in total. The Morgan fingerprint density at radius 2 is 1.79 bits per heavy atom. The molecule has 1 fully saturated rings. The van der Waals surface area contributed by atoms with E-state index in [0.29, 0.717) is 6.42 Å². The number of imide groups is 1. The molecule has 5 N–H and O–H groups in total. The number of hydrogen-bond acceptors (Lipinski definition) is 5. The lowest BCUT2D eigenvalue weighted by molar-refractivity contribution is -0.133. The number of amides is 2. The first-order chi connectivity index (χ1) is 13.5. The Morgan fingerprint density at radius 3 is 2.50 bits per heavy atom. The molecule has 0 unspecified atom stereocenters. The van der Waals surface area contributed by atoms with Crippen molar-refractivity contribution in [1.29, 1.82) is 0 Å². The van der Waals surface area contributed by atoms with Crippen LogP contribution in [0.15, 0.2) is 54.6 Å². The molecule has 1 saturated heterocycles. The summed E-state index contributed by atoms with van der Waals surface area (Å²) in [5.41, 5.74) is 14.6. The van der Waals surface area contributed by atoms with Crippen LogP contribution in [0.1, 0.15) is 24.0 Å². The van der Waals surface area contributed by atoms with Crippen molar-refractivity contribution in [3.63, 3.8) is 0 Å². The quantitative estimate of drug-likeness (QED) is 0.632. The largest absolute Gasteiger partial charge is 0.399 e. The number of nitrogens with one attached hydrogen (secondary N) is 1. The first-order valence-electron chi connectivity index (χ1n) is 9.75. The summed E-state index contributed by atoms with van der Waals surface area (Å²) in [5.74, 6) is -0.664.